The SMILES string of the molecule is Cl.Cn1nnnc1C=C1C=CC=CC1P(c1ccccc1)c1ccccc1. The van der Waals surface area contributed by atoms with Crippen LogP contribution >= 0.6 is 20.3 Å². The monoisotopic (exact) mass is 394 g/mol. The highest BCUT2D eigenvalue weighted by molar-refractivity contribution is 7.74. The molecule has 0 radical (unpaired) electrons. The van der Waals surface area contributed by atoms with Crippen molar-refractivity contribution in [2.24, 2.45) is 7.05 Å². The van der Waals surface area contributed by atoms with Gasteiger partial charge >= 0.3 is 0 Å². The van der Waals surface area contributed by atoms with Crippen molar-refractivity contribution in [2.75, 3.05) is 0 Å². The van der Waals surface area contributed by atoms with Crippen LogP contribution in [0.5, 0.6) is 0 Å². The largest absolute Gasteiger partial charge is 0.229 e. The zero-order valence-electron chi connectivity index (χ0n) is 14.9. The third-order valence-electron chi connectivity index (χ3n) is 4.33. The molecule has 1 unspecified atom stereocenters. The molecule has 0 N–H and O–H groups in total. The normalized spacial score (nSPS) is 17.3. The van der Waals surface area contributed by atoms with Crippen LogP contribution in [0.15, 0.2) is 90.5 Å². The molecule has 2 aromatic carbocycles. The van der Waals surface area contributed by atoms with Crippen molar-refractivity contribution in [1.29, 1.82) is 0 Å². The first-order valence-electron chi connectivity index (χ1n) is 8.51. The average molecular weight is 395 g/mol. The van der Waals surface area contributed by atoms with Crippen LogP contribution in [0.3, 0.4) is 0 Å². The summed E-state index contributed by atoms with van der Waals surface area (Å²) in [6, 6.07) is 21.5. The Kier molecular flexibility index (Phi) is 6.33. The Morgan fingerprint density at radius 1 is 0.926 bits per heavy atom. The molecule has 0 fully saturated rings. The fourth-order valence-corrected chi connectivity index (χ4v) is 5.73. The van der Waals surface area contributed by atoms with Crippen molar-refractivity contribution in [3.05, 3.63) is 96.4 Å². The number of nitrogens with zero attached hydrogens (tertiary/aromatic N) is 4. The second-order valence-electron chi connectivity index (χ2n) is 6.03. The van der Waals surface area contributed by atoms with Crippen LogP contribution in [0.4, 0.5) is 0 Å². The van der Waals surface area contributed by atoms with Gasteiger partial charge in [0, 0.05) is 12.7 Å². The predicted octanol–water partition coefficient (Wildman–Crippen LogP) is 3.64. The van der Waals surface area contributed by atoms with Gasteiger partial charge in [0.2, 0.25) is 0 Å². The summed E-state index contributed by atoms with van der Waals surface area (Å²) < 4.78 is 1.70. The highest BCUT2D eigenvalue weighted by Crippen LogP contribution is 2.45. The Bertz CT molecular complexity index is 925. The van der Waals surface area contributed by atoms with E-state index in [1.54, 1.807) is 4.68 Å². The lowest BCUT2D eigenvalue weighted by atomic mass is 10.1. The molecule has 1 aliphatic rings. The van der Waals surface area contributed by atoms with Crippen LogP contribution in [0, 0.1) is 0 Å². The van der Waals surface area contributed by atoms with Crippen LogP contribution in [0.1, 0.15) is 5.82 Å². The molecule has 1 atom stereocenters. The minimum atomic E-state index is -0.584. The number of halogens is 1. The van der Waals surface area contributed by atoms with E-state index in [9.17, 15) is 0 Å². The van der Waals surface area contributed by atoms with Crippen molar-refractivity contribution in [2.45, 2.75) is 5.66 Å². The van der Waals surface area contributed by atoms with E-state index in [0.29, 0.717) is 0 Å². The number of benzene rings is 2. The Hall–Kier alpha value is -2.55. The molecular weight excluding hydrogens is 375 g/mol. The number of rotatable bonds is 4. The van der Waals surface area contributed by atoms with E-state index in [0.717, 1.165) is 5.82 Å². The molecule has 136 valence electrons. The molecule has 0 bridgehead atoms. The van der Waals surface area contributed by atoms with Gasteiger partial charge in [-0.2, -0.15) is 0 Å². The number of aromatic nitrogens is 4. The van der Waals surface area contributed by atoms with Gasteiger partial charge in [0.15, 0.2) is 5.82 Å². The summed E-state index contributed by atoms with van der Waals surface area (Å²) in [7, 11) is 1.28. The molecule has 0 aliphatic heterocycles. The first-order chi connectivity index (χ1) is 12.8. The lowest BCUT2D eigenvalue weighted by Gasteiger charge is -2.28. The Morgan fingerprint density at radius 2 is 1.56 bits per heavy atom. The summed E-state index contributed by atoms with van der Waals surface area (Å²) in [6.07, 6.45) is 10.8. The fraction of sp³-hybridized carbons (Fsp3) is 0.0952. The predicted molar refractivity (Wildman–Crippen MR) is 115 cm³/mol. The molecule has 1 aromatic heterocycles. The van der Waals surface area contributed by atoms with Gasteiger partial charge in [0.1, 0.15) is 0 Å². The second kappa shape index (κ2) is 8.90. The maximum atomic E-state index is 4.12. The number of hydrogen-bond acceptors (Lipinski definition) is 3. The van der Waals surface area contributed by atoms with E-state index in [1.807, 2.05) is 7.05 Å². The molecule has 0 spiro atoms. The Labute approximate surface area is 166 Å². The van der Waals surface area contributed by atoms with E-state index in [1.165, 1.54) is 16.2 Å². The van der Waals surface area contributed by atoms with Gasteiger partial charge in [-0.25, -0.2) is 4.68 Å². The number of aryl methyl sites for hydroxylation is 1. The van der Waals surface area contributed by atoms with Crippen LogP contribution in [0.25, 0.3) is 6.08 Å². The van der Waals surface area contributed by atoms with Gasteiger partial charge in [0.05, 0.1) is 0 Å². The second-order valence-corrected chi connectivity index (χ2v) is 8.36. The third-order valence-corrected chi connectivity index (χ3v) is 7.07. The van der Waals surface area contributed by atoms with Crippen LogP contribution in [-0.4, -0.2) is 25.9 Å². The summed E-state index contributed by atoms with van der Waals surface area (Å²) in [5, 5.41) is 14.5. The highest BCUT2D eigenvalue weighted by atomic mass is 35.5. The quantitative estimate of drug-likeness (QED) is 0.634. The van der Waals surface area contributed by atoms with Crippen molar-refractivity contribution < 1.29 is 0 Å². The van der Waals surface area contributed by atoms with Gasteiger partial charge in [-0.1, -0.05) is 85.0 Å². The molecule has 1 heterocycles. The zero-order chi connectivity index (χ0) is 17.8. The van der Waals surface area contributed by atoms with E-state index in [4.69, 9.17) is 0 Å². The topological polar surface area (TPSA) is 43.6 Å². The van der Waals surface area contributed by atoms with Crippen molar-refractivity contribution >= 4 is 37.0 Å². The maximum Gasteiger partial charge on any atom is 0.174 e. The van der Waals surface area contributed by atoms with Gasteiger partial charge in [-0.05, 0) is 40.6 Å². The molecule has 0 saturated heterocycles. The van der Waals surface area contributed by atoms with Gasteiger partial charge in [-0.3, -0.25) is 0 Å². The summed E-state index contributed by atoms with van der Waals surface area (Å²) in [4.78, 5) is 0. The van der Waals surface area contributed by atoms with Crippen molar-refractivity contribution in [1.82, 2.24) is 20.2 Å². The minimum absolute atomic E-state index is 0. The number of tetrazole rings is 1. The maximum absolute atomic E-state index is 4.12. The van der Waals surface area contributed by atoms with Gasteiger partial charge in [-0.15, -0.1) is 17.5 Å². The van der Waals surface area contributed by atoms with E-state index in [2.05, 4.69) is 107 Å². The lowest BCUT2D eigenvalue weighted by molar-refractivity contribution is 0.706. The summed E-state index contributed by atoms with van der Waals surface area (Å²) in [5.74, 6) is 0.765. The molecule has 27 heavy (non-hydrogen) atoms. The fourth-order valence-electron chi connectivity index (χ4n) is 3.07. The van der Waals surface area contributed by atoms with Crippen molar-refractivity contribution in [3.8, 4) is 0 Å². The van der Waals surface area contributed by atoms with Crippen LogP contribution in [-0.2, 0) is 7.05 Å². The average Bonchev–Trinajstić information content (AvgIpc) is 3.10. The van der Waals surface area contributed by atoms with E-state index >= 15 is 0 Å². The number of allylic oxidation sites excluding steroid dienone is 5. The van der Waals surface area contributed by atoms with Crippen molar-refractivity contribution in [3.63, 3.8) is 0 Å². The van der Waals surface area contributed by atoms with Gasteiger partial charge < -0.3 is 0 Å². The first-order valence-corrected chi connectivity index (χ1v) is 9.92. The molecule has 4 rings (SSSR count). The van der Waals surface area contributed by atoms with Gasteiger partial charge in [0.25, 0.3) is 0 Å². The Balaban J connectivity index is 0.00000210. The highest BCUT2D eigenvalue weighted by Gasteiger charge is 2.26. The molecule has 0 amide bonds. The number of hydrogen-bond donors (Lipinski definition) is 0. The molecule has 1 aliphatic carbocycles. The summed E-state index contributed by atoms with van der Waals surface area (Å²) in [6.45, 7) is 0. The summed E-state index contributed by atoms with van der Waals surface area (Å²) >= 11 is 0. The van der Waals surface area contributed by atoms with Crippen LogP contribution < -0.4 is 10.6 Å². The molecule has 0 saturated carbocycles. The standard InChI is InChI=1S/C21H19N4P.ClH/c1-25-21(22-23-24-25)16-17-10-8-9-15-20(17)26(18-11-4-2-5-12-18)19-13-6-3-7-14-19;/h2-16,20H,1H3;1H. The molecular formula is C21H20ClN4P. The van der Waals surface area contributed by atoms with Crippen LogP contribution in [0.2, 0.25) is 0 Å². The Morgan fingerprint density at radius 3 is 2.11 bits per heavy atom. The lowest BCUT2D eigenvalue weighted by Crippen LogP contribution is -2.22. The minimum Gasteiger partial charge on any atom is -0.229 e. The van der Waals surface area contributed by atoms with E-state index in [-0.39, 0.29) is 18.1 Å². The smallest absolute Gasteiger partial charge is 0.174 e. The summed E-state index contributed by atoms with van der Waals surface area (Å²) in [5.41, 5.74) is 1.50. The molecule has 4 nitrogen and oxygen atoms in total. The third kappa shape index (κ3) is 4.24. The molecule has 3 aromatic rings. The first kappa shape index (κ1) is 19.2. The van der Waals surface area contributed by atoms with E-state index < -0.39 is 7.92 Å². The zero-order valence-corrected chi connectivity index (χ0v) is 16.6. The molecule has 6 heteroatoms.